The summed E-state index contributed by atoms with van der Waals surface area (Å²) in [5, 5.41) is 3.56. The third-order valence-corrected chi connectivity index (χ3v) is 5.90. The van der Waals surface area contributed by atoms with Gasteiger partial charge in [0, 0.05) is 23.2 Å². The third-order valence-electron chi connectivity index (χ3n) is 2.79. The highest BCUT2D eigenvalue weighted by atomic mass is 79.9. The van der Waals surface area contributed by atoms with Crippen molar-refractivity contribution in [3.8, 4) is 0 Å². The lowest BCUT2D eigenvalue weighted by atomic mass is 10.1. The number of rotatable bonds is 4. The topological polar surface area (TPSA) is 12.0 Å². The Morgan fingerprint density at radius 2 is 1.74 bits per heavy atom. The van der Waals surface area contributed by atoms with E-state index in [0.29, 0.717) is 0 Å². The first-order valence-corrected chi connectivity index (χ1v) is 9.16. The van der Waals surface area contributed by atoms with Gasteiger partial charge in [0.25, 0.3) is 0 Å². The maximum absolute atomic E-state index is 3.60. The summed E-state index contributed by atoms with van der Waals surface area (Å²) in [6.45, 7) is 5.21. The number of benzene rings is 1. The monoisotopic (exact) mass is 465 g/mol. The van der Waals surface area contributed by atoms with Gasteiger partial charge in [0.1, 0.15) is 0 Å². The van der Waals surface area contributed by atoms with Crippen LogP contribution < -0.4 is 5.32 Å². The van der Waals surface area contributed by atoms with Crippen molar-refractivity contribution in [2.75, 3.05) is 6.54 Å². The lowest BCUT2D eigenvalue weighted by Crippen LogP contribution is -2.21. The molecule has 5 heteroatoms. The minimum atomic E-state index is 0.230. The molecule has 0 spiro atoms. The number of hydrogen-bond donors (Lipinski definition) is 1. The van der Waals surface area contributed by atoms with E-state index in [1.807, 2.05) is 11.3 Å². The zero-order valence-electron chi connectivity index (χ0n) is 10.6. The first-order chi connectivity index (χ1) is 9.01. The predicted octanol–water partition coefficient (Wildman–Crippen LogP) is 6.04. The molecule has 0 aliphatic carbocycles. The van der Waals surface area contributed by atoms with E-state index in [-0.39, 0.29) is 6.04 Å². The normalized spacial score (nSPS) is 12.7. The quantitative estimate of drug-likeness (QED) is 0.577. The molecule has 1 aromatic heterocycles. The van der Waals surface area contributed by atoms with Crippen molar-refractivity contribution >= 4 is 59.1 Å². The van der Waals surface area contributed by atoms with Crippen LogP contribution in [0.2, 0.25) is 0 Å². The molecule has 2 rings (SSSR count). The van der Waals surface area contributed by atoms with Crippen molar-refractivity contribution in [2.45, 2.75) is 19.9 Å². The predicted molar refractivity (Wildman–Crippen MR) is 94.1 cm³/mol. The molecule has 1 N–H and O–H groups in total. The van der Waals surface area contributed by atoms with E-state index < -0.39 is 0 Å². The summed E-state index contributed by atoms with van der Waals surface area (Å²) in [7, 11) is 0. The fourth-order valence-corrected chi connectivity index (χ4v) is 4.95. The summed E-state index contributed by atoms with van der Waals surface area (Å²) in [5.41, 5.74) is 1.26. The van der Waals surface area contributed by atoms with Crippen LogP contribution in [0.5, 0.6) is 0 Å². The molecule has 0 aliphatic rings. The highest BCUT2D eigenvalue weighted by molar-refractivity contribution is 9.11. The minimum absolute atomic E-state index is 0.230. The van der Waals surface area contributed by atoms with Gasteiger partial charge in [-0.15, -0.1) is 11.3 Å². The number of halogens is 3. The maximum Gasteiger partial charge on any atom is 0.0672 e. The van der Waals surface area contributed by atoms with Gasteiger partial charge in [-0.2, -0.15) is 0 Å². The van der Waals surface area contributed by atoms with E-state index in [1.165, 1.54) is 19.8 Å². The molecule has 1 heterocycles. The second kappa shape index (κ2) is 6.85. The average molecular weight is 468 g/mol. The molecular weight excluding hydrogens is 454 g/mol. The number of aryl methyl sites for hydroxylation is 1. The molecule has 1 nitrogen and oxygen atoms in total. The van der Waals surface area contributed by atoms with Crippen molar-refractivity contribution < 1.29 is 0 Å². The van der Waals surface area contributed by atoms with E-state index in [9.17, 15) is 0 Å². The molecule has 1 atom stereocenters. The van der Waals surface area contributed by atoms with E-state index >= 15 is 0 Å². The van der Waals surface area contributed by atoms with Gasteiger partial charge in [-0.3, -0.25) is 0 Å². The van der Waals surface area contributed by atoms with Gasteiger partial charge in [-0.1, -0.05) is 38.8 Å². The molecule has 0 saturated carbocycles. The molecule has 19 heavy (non-hydrogen) atoms. The summed E-state index contributed by atoms with van der Waals surface area (Å²) in [6.07, 6.45) is 0. The van der Waals surface area contributed by atoms with Crippen LogP contribution in [0.15, 0.2) is 37.7 Å². The van der Waals surface area contributed by atoms with Crippen molar-refractivity contribution in [1.29, 1.82) is 0 Å². The van der Waals surface area contributed by atoms with E-state index in [4.69, 9.17) is 0 Å². The number of hydrogen-bond acceptors (Lipinski definition) is 2. The number of thiophene rings is 1. The van der Waals surface area contributed by atoms with Gasteiger partial charge >= 0.3 is 0 Å². The summed E-state index contributed by atoms with van der Waals surface area (Å²) in [6, 6.07) is 8.83. The Bertz CT molecular complexity index is 540. The van der Waals surface area contributed by atoms with Crippen LogP contribution in [0.25, 0.3) is 0 Å². The second-order valence-electron chi connectivity index (χ2n) is 4.25. The van der Waals surface area contributed by atoms with E-state index in [0.717, 1.165) is 15.5 Å². The highest BCUT2D eigenvalue weighted by Crippen LogP contribution is 2.35. The van der Waals surface area contributed by atoms with Gasteiger partial charge in [0.05, 0.1) is 6.04 Å². The summed E-state index contributed by atoms with van der Waals surface area (Å²) in [4.78, 5) is 2.64. The summed E-state index contributed by atoms with van der Waals surface area (Å²) in [5.74, 6) is 0. The van der Waals surface area contributed by atoms with Crippen LogP contribution in [0.4, 0.5) is 0 Å². The van der Waals surface area contributed by atoms with Crippen LogP contribution >= 0.6 is 59.1 Å². The largest absolute Gasteiger partial charge is 0.306 e. The van der Waals surface area contributed by atoms with Crippen molar-refractivity contribution in [2.24, 2.45) is 0 Å². The fourth-order valence-electron chi connectivity index (χ4n) is 1.95. The van der Waals surface area contributed by atoms with Crippen molar-refractivity contribution in [1.82, 2.24) is 5.32 Å². The molecule has 0 aliphatic heterocycles. The molecule has 0 saturated heterocycles. The van der Waals surface area contributed by atoms with Crippen LogP contribution in [0.1, 0.15) is 28.3 Å². The van der Waals surface area contributed by atoms with Gasteiger partial charge < -0.3 is 5.32 Å². The van der Waals surface area contributed by atoms with Gasteiger partial charge in [-0.25, -0.2) is 0 Å². The minimum Gasteiger partial charge on any atom is -0.306 e. The number of nitrogens with one attached hydrogen (secondary N) is 1. The third kappa shape index (κ3) is 3.91. The average Bonchev–Trinajstić information content (AvgIpc) is 2.65. The Kier molecular flexibility index (Phi) is 5.66. The Hall–Kier alpha value is 0.320. The lowest BCUT2D eigenvalue weighted by molar-refractivity contribution is 0.639. The second-order valence-corrected chi connectivity index (χ2v) is 8.22. The molecule has 102 valence electrons. The molecule has 1 unspecified atom stereocenters. The zero-order chi connectivity index (χ0) is 14.0. The van der Waals surface area contributed by atoms with Gasteiger partial charge in [0.2, 0.25) is 0 Å². The van der Waals surface area contributed by atoms with Crippen molar-refractivity contribution in [3.63, 3.8) is 0 Å². The first kappa shape index (κ1) is 15.7. The molecule has 0 bridgehead atoms. The first-order valence-electron chi connectivity index (χ1n) is 5.96. The Morgan fingerprint density at radius 1 is 1.11 bits per heavy atom. The fraction of sp³-hybridized carbons (Fsp3) is 0.286. The molecule has 1 aromatic carbocycles. The van der Waals surface area contributed by atoms with E-state index in [2.05, 4.69) is 91.2 Å². The van der Waals surface area contributed by atoms with Gasteiger partial charge in [-0.05, 0) is 59.2 Å². The maximum atomic E-state index is 3.60. The summed E-state index contributed by atoms with van der Waals surface area (Å²) >= 11 is 12.6. The molecule has 0 amide bonds. The van der Waals surface area contributed by atoms with Crippen LogP contribution in [-0.2, 0) is 0 Å². The molecular formula is C14H14Br3NS. The van der Waals surface area contributed by atoms with Crippen LogP contribution in [0.3, 0.4) is 0 Å². The standard InChI is InChI=1S/C14H14Br3NS/c1-3-18-14(13-7-12(17)8(2)19-13)9-4-10(15)6-11(16)5-9/h4-7,14,18H,3H2,1-2H3. The SMILES string of the molecule is CCNC(c1cc(Br)cc(Br)c1)c1cc(Br)c(C)s1. The van der Waals surface area contributed by atoms with Crippen LogP contribution in [-0.4, -0.2) is 6.54 Å². The van der Waals surface area contributed by atoms with Crippen LogP contribution in [0, 0.1) is 6.92 Å². The van der Waals surface area contributed by atoms with E-state index in [1.54, 1.807) is 0 Å². The smallest absolute Gasteiger partial charge is 0.0672 e. The Balaban J connectivity index is 2.44. The van der Waals surface area contributed by atoms with Crippen molar-refractivity contribution in [3.05, 3.63) is 53.0 Å². The molecule has 0 radical (unpaired) electrons. The molecule has 2 aromatic rings. The lowest BCUT2D eigenvalue weighted by Gasteiger charge is -2.17. The summed E-state index contributed by atoms with van der Waals surface area (Å²) < 4.78 is 3.36. The Labute approximate surface area is 143 Å². The zero-order valence-corrected chi connectivity index (χ0v) is 16.2. The Morgan fingerprint density at radius 3 is 2.21 bits per heavy atom. The molecule has 0 fully saturated rings. The van der Waals surface area contributed by atoms with Gasteiger partial charge in [0.15, 0.2) is 0 Å². The highest BCUT2D eigenvalue weighted by Gasteiger charge is 2.17.